The minimum Gasteiger partial charge on any atom is -0.439 e. The minimum absolute atomic E-state index is 0.146. The molecule has 0 fully saturated rings. The van der Waals surface area contributed by atoms with E-state index in [1.165, 1.54) is 4.31 Å². The van der Waals surface area contributed by atoms with E-state index in [9.17, 15) is 8.42 Å². The molecule has 4 nitrogen and oxygen atoms in total. The largest absolute Gasteiger partial charge is 0.439 e. The molecule has 3 aromatic rings. The molecule has 30 heavy (non-hydrogen) atoms. The molecule has 1 aliphatic rings. The summed E-state index contributed by atoms with van der Waals surface area (Å²) in [7, 11) is -3.76. The van der Waals surface area contributed by atoms with Crippen LogP contribution in [0.2, 0.25) is 0 Å². The van der Waals surface area contributed by atoms with Gasteiger partial charge < -0.3 is 4.42 Å². The van der Waals surface area contributed by atoms with E-state index < -0.39 is 10.0 Å². The lowest BCUT2D eigenvalue weighted by atomic mass is 9.88. The summed E-state index contributed by atoms with van der Waals surface area (Å²) in [5.41, 5.74) is 2.74. The Balaban J connectivity index is 1.92. The van der Waals surface area contributed by atoms with Gasteiger partial charge in [-0.3, -0.25) is 0 Å². The van der Waals surface area contributed by atoms with Crippen LogP contribution in [-0.2, 0) is 10.0 Å². The Labute approximate surface area is 179 Å². The highest BCUT2D eigenvalue weighted by atomic mass is 32.2. The number of allylic oxidation sites excluding steroid dienone is 2. The average Bonchev–Trinajstić information content (AvgIpc) is 3.12. The van der Waals surface area contributed by atoms with E-state index in [0.29, 0.717) is 17.3 Å². The highest BCUT2D eigenvalue weighted by Gasteiger charge is 2.33. The lowest BCUT2D eigenvalue weighted by Gasteiger charge is -2.27. The van der Waals surface area contributed by atoms with Crippen molar-refractivity contribution >= 4 is 26.9 Å². The van der Waals surface area contributed by atoms with Crippen molar-refractivity contribution in [3.05, 3.63) is 71.8 Å². The van der Waals surface area contributed by atoms with Crippen LogP contribution in [0.3, 0.4) is 0 Å². The molecule has 0 amide bonds. The van der Waals surface area contributed by atoms with Crippen LogP contribution in [-0.4, -0.2) is 15.0 Å². The third kappa shape index (κ3) is 3.91. The quantitative estimate of drug-likeness (QED) is 0.430. The fourth-order valence-corrected chi connectivity index (χ4v) is 5.69. The zero-order chi connectivity index (χ0) is 21.3. The molecule has 1 heterocycles. The molecule has 0 saturated carbocycles. The summed E-state index contributed by atoms with van der Waals surface area (Å²) in [4.78, 5) is 0.291. The molecule has 0 radical (unpaired) electrons. The van der Waals surface area contributed by atoms with Crippen molar-refractivity contribution in [2.45, 2.75) is 50.8 Å². The Hall–Kier alpha value is -2.53. The number of para-hydroxylation sites is 1. The highest BCUT2D eigenvalue weighted by Crippen LogP contribution is 2.43. The molecule has 1 aliphatic carbocycles. The second-order valence-electron chi connectivity index (χ2n) is 8.53. The number of anilines is 1. The Morgan fingerprint density at radius 1 is 1.10 bits per heavy atom. The maximum absolute atomic E-state index is 13.7. The number of benzene rings is 2. The smallest absolute Gasteiger partial charge is 0.266 e. The van der Waals surface area contributed by atoms with Crippen LogP contribution < -0.4 is 4.31 Å². The molecule has 1 unspecified atom stereocenters. The van der Waals surface area contributed by atoms with Crippen LogP contribution in [0.15, 0.2) is 70.0 Å². The summed E-state index contributed by atoms with van der Waals surface area (Å²) < 4.78 is 35.2. The van der Waals surface area contributed by atoms with Gasteiger partial charge in [-0.2, -0.15) is 0 Å². The molecule has 5 heteroatoms. The maximum Gasteiger partial charge on any atom is 0.266 e. The molecule has 158 valence electrons. The van der Waals surface area contributed by atoms with Gasteiger partial charge in [0.05, 0.1) is 4.90 Å². The van der Waals surface area contributed by atoms with Crippen LogP contribution in [0.1, 0.15) is 50.2 Å². The van der Waals surface area contributed by atoms with E-state index in [2.05, 4.69) is 12.2 Å². The molecule has 0 aliphatic heterocycles. The van der Waals surface area contributed by atoms with E-state index in [1.807, 2.05) is 57.2 Å². The van der Waals surface area contributed by atoms with Crippen molar-refractivity contribution in [2.75, 3.05) is 10.8 Å². The molecule has 0 spiro atoms. The van der Waals surface area contributed by atoms with E-state index in [0.717, 1.165) is 41.4 Å². The van der Waals surface area contributed by atoms with Gasteiger partial charge in [0, 0.05) is 23.4 Å². The van der Waals surface area contributed by atoms with Gasteiger partial charge in [-0.05, 0) is 50.3 Å². The van der Waals surface area contributed by atoms with Gasteiger partial charge in [0.15, 0.2) is 0 Å². The molecule has 0 bridgehead atoms. The molecule has 0 N–H and O–H groups in total. The third-order valence-corrected chi connectivity index (χ3v) is 7.37. The van der Waals surface area contributed by atoms with Gasteiger partial charge in [0.25, 0.3) is 10.0 Å². The van der Waals surface area contributed by atoms with Crippen LogP contribution >= 0.6 is 0 Å². The first-order valence-electron chi connectivity index (χ1n) is 10.7. The number of furan rings is 1. The summed E-state index contributed by atoms with van der Waals surface area (Å²) in [6.07, 6.45) is 7.55. The highest BCUT2D eigenvalue weighted by molar-refractivity contribution is 7.92. The minimum atomic E-state index is -3.76. The summed E-state index contributed by atoms with van der Waals surface area (Å²) >= 11 is 0. The second-order valence-corrected chi connectivity index (χ2v) is 10.4. The number of sulfonamides is 1. The summed E-state index contributed by atoms with van der Waals surface area (Å²) in [5.74, 6) is 0.760. The topological polar surface area (TPSA) is 50.5 Å². The molecule has 1 atom stereocenters. The van der Waals surface area contributed by atoms with Crippen LogP contribution in [0, 0.1) is 12.8 Å². The van der Waals surface area contributed by atoms with E-state index in [4.69, 9.17) is 4.42 Å². The average molecular weight is 424 g/mol. The van der Waals surface area contributed by atoms with Crippen molar-refractivity contribution in [2.24, 2.45) is 5.92 Å². The summed E-state index contributed by atoms with van der Waals surface area (Å²) in [6, 6.07) is 14.9. The van der Waals surface area contributed by atoms with Crippen molar-refractivity contribution in [3.8, 4) is 0 Å². The number of nitrogens with zero attached hydrogens (tertiary/aromatic N) is 1. The summed E-state index contributed by atoms with van der Waals surface area (Å²) in [6.45, 7) is 6.37. The number of hydrogen-bond acceptors (Lipinski definition) is 3. The molecular weight excluding hydrogens is 394 g/mol. The van der Waals surface area contributed by atoms with E-state index in [1.54, 1.807) is 12.1 Å². The Kier molecular flexibility index (Phi) is 5.74. The standard InChI is InChI=1S/C25H29NO3S/c1-18(2)17-26(30(27,28)21-15-13-19(3)14-16-21)25-24(20-9-5-4-6-10-20)22-11-7-8-12-23(22)29-25/h5,7-9,11-16,18,20H,4,6,10,17H2,1-3H3. The fraction of sp³-hybridized carbons (Fsp3) is 0.360. The van der Waals surface area contributed by atoms with Crippen molar-refractivity contribution in [1.29, 1.82) is 0 Å². The zero-order valence-corrected chi connectivity index (χ0v) is 18.7. The summed E-state index contributed by atoms with van der Waals surface area (Å²) in [5, 5.41) is 0.997. The maximum atomic E-state index is 13.7. The Morgan fingerprint density at radius 3 is 2.50 bits per heavy atom. The number of fused-ring (bicyclic) bond motifs is 1. The number of aryl methyl sites for hydroxylation is 1. The van der Waals surface area contributed by atoms with Gasteiger partial charge in [-0.1, -0.05) is 61.9 Å². The first-order valence-corrected chi connectivity index (χ1v) is 12.1. The molecule has 2 aromatic carbocycles. The predicted octanol–water partition coefficient (Wildman–Crippen LogP) is 6.42. The van der Waals surface area contributed by atoms with Gasteiger partial charge in [0.1, 0.15) is 5.58 Å². The van der Waals surface area contributed by atoms with E-state index in [-0.39, 0.29) is 11.8 Å². The molecular formula is C25H29NO3S. The van der Waals surface area contributed by atoms with Crippen LogP contribution in [0.4, 0.5) is 5.88 Å². The van der Waals surface area contributed by atoms with Gasteiger partial charge in [0.2, 0.25) is 5.88 Å². The van der Waals surface area contributed by atoms with Crippen molar-refractivity contribution < 1.29 is 12.8 Å². The first-order chi connectivity index (χ1) is 14.4. The lowest BCUT2D eigenvalue weighted by molar-refractivity contribution is 0.544. The second kappa shape index (κ2) is 8.31. The zero-order valence-electron chi connectivity index (χ0n) is 17.8. The normalized spacial score (nSPS) is 17.0. The number of rotatable bonds is 6. The fourth-order valence-electron chi connectivity index (χ4n) is 4.11. The third-order valence-electron chi connectivity index (χ3n) is 5.61. The number of hydrogen-bond donors (Lipinski definition) is 0. The molecule has 4 rings (SSSR count). The molecule has 1 aromatic heterocycles. The Bertz CT molecular complexity index is 1160. The molecule has 0 saturated heterocycles. The monoisotopic (exact) mass is 423 g/mol. The Morgan fingerprint density at radius 2 is 1.83 bits per heavy atom. The van der Waals surface area contributed by atoms with E-state index >= 15 is 0 Å². The van der Waals surface area contributed by atoms with Crippen LogP contribution in [0.25, 0.3) is 11.0 Å². The SMILES string of the molecule is Cc1ccc(S(=O)(=O)N(CC(C)C)c2oc3ccccc3c2C2C=CCCC2)cc1. The van der Waals surface area contributed by atoms with Gasteiger partial charge in [-0.15, -0.1) is 0 Å². The van der Waals surface area contributed by atoms with Crippen molar-refractivity contribution in [3.63, 3.8) is 0 Å². The van der Waals surface area contributed by atoms with Crippen LogP contribution in [0.5, 0.6) is 0 Å². The van der Waals surface area contributed by atoms with Gasteiger partial charge >= 0.3 is 0 Å². The predicted molar refractivity (Wildman–Crippen MR) is 122 cm³/mol. The lowest BCUT2D eigenvalue weighted by Crippen LogP contribution is -2.35. The van der Waals surface area contributed by atoms with Gasteiger partial charge in [-0.25, -0.2) is 12.7 Å². The van der Waals surface area contributed by atoms with Crippen molar-refractivity contribution in [1.82, 2.24) is 0 Å². The first kappa shape index (κ1) is 20.7.